The Hall–Kier alpha value is -0.290. The Morgan fingerprint density at radius 1 is 1.55 bits per heavy atom. The number of hydrogen-bond donors (Lipinski definition) is 2. The van der Waals surface area contributed by atoms with Gasteiger partial charge in [-0.1, -0.05) is 13.0 Å². The van der Waals surface area contributed by atoms with Gasteiger partial charge in [0.2, 0.25) is 0 Å². The van der Waals surface area contributed by atoms with Crippen molar-refractivity contribution in [2.75, 3.05) is 5.43 Å². The highest BCUT2D eigenvalue weighted by Crippen LogP contribution is 2.20. The third kappa shape index (κ3) is 1.84. The summed E-state index contributed by atoms with van der Waals surface area (Å²) in [6.45, 7) is 2.12. The molecule has 0 spiro atoms. The molecule has 11 heavy (non-hydrogen) atoms. The monoisotopic (exact) mass is 262 g/mol. The van der Waals surface area contributed by atoms with Crippen LogP contribution in [-0.2, 0) is 6.42 Å². The normalized spacial score (nSPS) is 9.73. The van der Waals surface area contributed by atoms with Crippen molar-refractivity contribution < 1.29 is 0 Å². The lowest BCUT2D eigenvalue weighted by molar-refractivity contribution is 1.11. The van der Waals surface area contributed by atoms with Crippen molar-refractivity contribution in [2.24, 2.45) is 5.84 Å². The molecule has 1 aromatic carbocycles. The second-order valence-corrected chi connectivity index (χ2v) is 3.43. The van der Waals surface area contributed by atoms with Crippen LogP contribution in [0.3, 0.4) is 0 Å². The van der Waals surface area contributed by atoms with Crippen LogP contribution in [0.25, 0.3) is 0 Å². The van der Waals surface area contributed by atoms with Crippen molar-refractivity contribution in [1.29, 1.82) is 0 Å². The van der Waals surface area contributed by atoms with E-state index in [9.17, 15) is 0 Å². The van der Waals surface area contributed by atoms with Crippen LogP contribution in [0.5, 0.6) is 0 Å². The molecular formula is C8H11IN2. The summed E-state index contributed by atoms with van der Waals surface area (Å²) in [4.78, 5) is 0. The topological polar surface area (TPSA) is 38.0 Å². The predicted octanol–water partition coefficient (Wildman–Crippen LogP) is 2.14. The summed E-state index contributed by atoms with van der Waals surface area (Å²) < 4.78 is 1.26. The number of halogens is 1. The zero-order valence-corrected chi connectivity index (χ0v) is 8.55. The summed E-state index contributed by atoms with van der Waals surface area (Å²) in [6.07, 6.45) is 1.01. The molecule has 0 aliphatic carbocycles. The van der Waals surface area contributed by atoms with Crippen molar-refractivity contribution in [2.45, 2.75) is 13.3 Å². The van der Waals surface area contributed by atoms with Crippen LogP contribution in [0.1, 0.15) is 12.5 Å². The summed E-state index contributed by atoms with van der Waals surface area (Å²) in [5.74, 6) is 5.34. The molecule has 1 aromatic rings. The molecule has 0 fully saturated rings. The molecule has 60 valence electrons. The summed E-state index contributed by atoms with van der Waals surface area (Å²) in [5, 5.41) is 0. The van der Waals surface area contributed by atoms with Crippen LogP contribution in [-0.4, -0.2) is 0 Å². The minimum atomic E-state index is 1.01. The van der Waals surface area contributed by atoms with E-state index < -0.39 is 0 Å². The molecule has 0 heterocycles. The second-order valence-electron chi connectivity index (χ2n) is 2.26. The van der Waals surface area contributed by atoms with E-state index in [2.05, 4.69) is 41.0 Å². The Bertz CT molecular complexity index is 248. The Morgan fingerprint density at radius 3 is 2.73 bits per heavy atom. The molecular weight excluding hydrogens is 251 g/mol. The highest BCUT2D eigenvalue weighted by Gasteiger charge is 2.01. The van der Waals surface area contributed by atoms with Gasteiger partial charge < -0.3 is 5.43 Å². The Labute approximate surface area is 80.3 Å². The van der Waals surface area contributed by atoms with E-state index in [0.29, 0.717) is 0 Å². The maximum absolute atomic E-state index is 5.34. The van der Waals surface area contributed by atoms with E-state index in [1.54, 1.807) is 0 Å². The first-order valence-corrected chi connectivity index (χ1v) is 4.61. The third-order valence-corrected chi connectivity index (χ3v) is 2.64. The standard InChI is InChI=1S/C8H11IN2/c1-2-6-7(9)4-3-5-8(6)11-10/h3-5,11H,2,10H2,1H3. The molecule has 3 heteroatoms. The number of hydrazine groups is 1. The number of nitrogens with one attached hydrogen (secondary N) is 1. The molecule has 0 saturated heterocycles. The summed E-state index contributed by atoms with van der Waals surface area (Å²) in [5.41, 5.74) is 5.00. The van der Waals surface area contributed by atoms with Gasteiger partial charge in [0.05, 0.1) is 5.69 Å². The molecule has 0 amide bonds. The smallest absolute Gasteiger partial charge is 0.0527 e. The van der Waals surface area contributed by atoms with E-state index in [4.69, 9.17) is 5.84 Å². The van der Waals surface area contributed by atoms with Crippen LogP contribution in [0.2, 0.25) is 0 Å². The van der Waals surface area contributed by atoms with Gasteiger partial charge in [-0.3, -0.25) is 5.84 Å². The molecule has 0 aliphatic rings. The molecule has 0 aliphatic heterocycles. The average Bonchev–Trinajstić information content (AvgIpc) is 2.04. The van der Waals surface area contributed by atoms with E-state index in [-0.39, 0.29) is 0 Å². The average molecular weight is 262 g/mol. The molecule has 0 aromatic heterocycles. The molecule has 0 atom stereocenters. The summed E-state index contributed by atoms with van der Waals surface area (Å²) in [6, 6.07) is 6.07. The zero-order valence-electron chi connectivity index (χ0n) is 6.39. The van der Waals surface area contributed by atoms with Gasteiger partial charge in [0, 0.05) is 3.57 Å². The third-order valence-electron chi connectivity index (χ3n) is 1.63. The summed E-state index contributed by atoms with van der Waals surface area (Å²) in [7, 11) is 0. The number of benzene rings is 1. The lowest BCUT2D eigenvalue weighted by atomic mass is 10.1. The minimum absolute atomic E-state index is 1.01. The van der Waals surface area contributed by atoms with Crippen molar-refractivity contribution in [1.82, 2.24) is 0 Å². The number of nitrogen functional groups attached to an aromatic ring is 1. The van der Waals surface area contributed by atoms with Crippen LogP contribution in [0, 0.1) is 3.57 Å². The lowest BCUT2D eigenvalue weighted by Gasteiger charge is -2.07. The van der Waals surface area contributed by atoms with Gasteiger partial charge >= 0.3 is 0 Å². The van der Waals surface area contributed by atoms with Crippen molar-refractivity contribution >= 4 is 28.3 Å². The first-order chi connectivity index (χ1) is 5.29. The van der Waals surface area contributed by atoms with Crippen LogP contribution >= 0.6 is 22.6 Å². The highest BCUT2D eigenvalue weighted by atomic mass is 127. The number of nitrogens with two attached hydrogens (primary N) is 1. The molecule has 1 rings (SSSR count). The van der Waals surface area contributed by atoms with Gasteiger partial charge in [0.1, 0.15) is 0 Å². The van der Waals surface area contributed by atoms with Gasteiger partial charge in [-0.05, 0) is 46.7 Å². The van der Waals surface area contributed by atoms with Crippen molar-refractivity contribution in [3.63, 3.8) is 0 Å². The Balaban J connectivity index is 3.13. The fourth-order valence-corrected chi connectivity index (χ4v) is 1.93. The molecule has 0 radical (unpaired) electrons. The number of rotatable bonds is 2. The quantitative estimate of drug-likeness (QED) is 0.487. The molecule has 0 unspecified atom stereocenters. The number of hydrogen-bond acceptors (Lipinski definition) is 2. The second kappa shape index (κ2) is 3.92. The maximum Gasteiger partial charge on any atom is 0.0527 e. The van der Waals surface area contributed by atoms with Crippen molar-refractivity contribution in [3.05, 3.63) is 27.3 Å². The van der Waals surface area contributed by atoms with E-state index >= 15 is 0 Å². The maximum atomic E-state index is 5.34. The SMILES string of the molecule is CCc1c(I)cccc1NN. The van der Waals surface area contributed by atoms with Gasteiger partial charge in [0.25, 0.3) is 0 Å². The van der Waals surface area contributed by atoms with Crippen LogP contribution in [0.4, 0.5) is 5.69 Å². The fraction of sp³-hybridized carbons (Fsp3) is 0.250. The van der Waals surface area contributed by atoms with Crippen LogP contribution < -0.4 is 11.3 Å². The van der Waals surface area contributed by atoms with E-state index in [0.717, 1.165) is 12.1 Å². The van der Waals surface area contributed by atoms with E-state index in [1.807, 2.05) is 12.1 Å². The molecule has 2 nitrogen and oxygen atoms in total. The molecule has 3 N–H and O–H groups in total. The van der Waals surface area contributed by atoms with Crippen molar-refractivity contribution in [3.8, 4) is 0 Å². The zero-order chi connectivity index (χ0) is 8.27. The minimum Gasteiger partial charge on any atom is -0.324 e. The predicted molar refractivity (Wildman–Crippen MR) is 56.3 cm³/mol. The highest BCUT2D eigenvalue weighted by molar-refractivity contribution is 14.1. The van der Waals surface area contributed by atoms with Gasteiger partial charge in [-0.2, -0.15) is 0 Å². The van der Waals surface area contributed by atoms with Gasteiger partial charge in [0.15, 0.2) is 0 Å². The number of anilines is 1. The Kier molecular flexibility index (Phi) is 3.14. The van der Waals surface area contributed by atoms with Gasteiger partial charge in [-0.15, -0.1) is 0 Å². The fourth-order valence-electron chi connectivity index (χ4n) is 1.05. The first kappa shape index (κ1) is 8.80. The first-order valence-electron chi connectivity index (χ1n) is 3.53. The Morgan fingerprint density at radius 2 is 2.27 bits per heavy atom. The van der Waals surface area contributed by atoms with Crippen LogP contribution in [0.15, 0.2) is 18.2 Å². The van der Waals surface area contributed by atoms with E-state index in [1.165, 1.54) is 9.13 Å². The molecule has 0 saturated carbocycles. The molecule has 0 bridgehead atoms. The largest absolute Gasteiger partial charge is 0.324 e. The summed E-state index contributed by atoms with van der Waals surface area (Å²) >= 11 is 2.31. The lowest BCUT2D eigenvalue weighted by Crippen LogP contribution is -2.09. The van der Waals surface area contributed by atoms with Gasteiger partial charge in [-0.25, -0.2) is 0 Å².